The lowest BCUT2D eigenvalue weighted by Crippen LogP contribution is -2.84. The molecule has 2 aromatic carbocycles. The average molecular weight is 499 g/mol. The standard InChI is InChI=1S/C22H18ClF3N2O6/c23-14-5-12(1-3-15(14)24)31-7-18(29)27-20-9-21(10-20,11-20)28-19(30)8-32-13-2-4-16-17(6-13)34-22(25,26)33-16/h1-6H,7-11H2,(H,27,29)(H,28,30). The Labute approximate surface area is 196 Å². The van der Waals surface area contributed by atoms with Crippen LogP contribution in [0.1, 0.15) is 19.3 Å². The molecule has 2 amide bonds. The van der Waals surface area contributed by atoms with Crippen molar-refractivity contribution in [2.24, 2.45) is 0 Å². The van der Waals surface area contributed by atoms with E-state index in [4.69, 9.17) is 21.1 Å². The summed E-state index contributed by atoms with van der Waals surface area (Å²) in [5.74, 6) is -1.12. The van der Waals surface area contributed by atoms with Gasteiger partial charge in [0.25, 0.3) is 11.8 Å². The normalized spacial score (nSPS) is 24.9. The minimum absolute atomic E-state index is 0.0981. The Bertz CT molecular complexity index is 1160. The number of hydrogen-bond donors (Lipinski definition) is 2. The van der Waals surface area contributed by atoms with E-state index < -0.39 is 23.2 Å². The van der Waals surface area contributed by atoms with Crippen molar-refractivity contribution in [2.45, 2.75) is 36.6 Å². The van der Waals surface area contributed by atoms with E-state index in [-0.39, 0.29) is 53.0 Å². The highest BCUT2D eigenvalue weighted by molar-refractivity contribution is 6.30. The summed E-state index contributed by atoms with van der Waals surface area (Å²) in [5, 5.41) is 5.69. The van der Waals surface area contributed by atoms with Gasteiger partial charge in [0.15, 0.2) is 24.7 Å². The van der Waals surface area contributed by atoms with E-state index in [0.29, 0.717) is 19.3 Å². The second-order valence-corrected chi connectivity index (χ2v) is 9.02. The summed E-state index contributed by atoms with van der Waals surface area (Å²) >= 11 is 5.68. The van der Waals surface area contributed by atoms with Crippen molar-refractivity contribution in [1.29, 1.82) is 0 Å². The zero-order chi connectivity index (χ0) is 24.1. The smallest absolute Gasteiger partial charge is 0.484 e. The number of alkyl halides is 2. The maximum absolute atomic E-state index is 13.2. The lowest BCUT2D eigenvalue weighted by atomic mass is 9.44. The van der Waals surface area contributed by atoms with Gasteiger partial charge in [-0.05, 0) is 43.5 Å². The SMILES string of the molecule is O=C(COc1ccc(F)c(Cl)c1)NC12CC(NC(=O)COc3ccc4c(c3)OC(F)(F)O4)(C1)C2. The molecule has 0 spiro atoms. The van der Waals surface area contributed by atoms with Gasteiger partial charge in [0.1, 0.15) is 17.3 Å². The van der Waals surface area contributed by atoms with E-state index in [1.165, 1.54) is 30.3 Å². The second-order valence-electron chi connectivity index (χ2n) is 8.62. The van der Waals surface area contributed by atoms with E-state index >= 15 is 0 Å². The van der Waals surface area contributed by atoms with Gasteiger partial charge in [-0.2, -0.15) is 0 Å². The number of ether oxygens (including phenoxy) is 4. The topological polar surface area (TPSA) is 95.1 Å². The predicted molar refractivity (Wildman–Crippen MR) is 111 cm³/mol. The van der Waals surface area contributed by atoms with Crippen molar-refractivity contribution in [3.8, 4) is 23.0 Å². The molecule has 0 saturated heterocycles. The number of amides is 2. The molecular formula is C22H18ClF3N2O6. The van der Waals surface area contributed by atoms with Crippen molar-refractivity contribution in [3.05, 3.63) is 47.2 Å². The molecule has 1 heterocycles. The van der Waals surface area contributed by atoms with Gasteiger partial charge in [0, 0.05) is 23.2 Å². The summed E-state index contributed by atoms with van der Waals surface area (Å²) in [6.45, 7) is -0.566. The largest absolute Gasteiger partial charge is 0.586 e. The molecule has 6 rings (SSSR count). The van der Waals surface area contributed by atoms with Crippen LogP contribution in [-0.4, -0.2) is 42.4 Å². The number of halogens is 4. The van der Waals surface area contributed by atoms with Gasteiger partial charge in [0.2, 0.25) is 0 Å². The first-order chi connectivity index (χ1) is 16.0. The summed E-state index contributed by atoms with van der Waals surface area (Å²) < 4.78 is 58.7. The van der Waals surface area contributed by atoms with Crippen LogP contribution < -0.4 is 29.6 Å². The number of nitrogens with one attached hydrogen (secondary N) is 2. The number of carbonyl (C=O) groups is 2. The van der Waals surface area contributed by atoms with E-state index in [0.717, 1.165) is 6.07 Å². The fourth-order valence-corrected chi connectivity index (χ4v) is 4.77. The Morgan fingerprint density at radius 2 is 1.41 bits per heavy atom. The quantitative estimate of drug-likeness (QED) is 0.580. The maximum Gasteiger partial charge on any atom is 0.586 e. The third kappa shape index (κ3) is 4.39. The molecule has 0 unspecified atom stereocenters. The molecular weight excluding hydrogens is 481 g/mol. The molecule has 3 saturated carbocycles. The van der Waals surface area contributed by atoms with Crippen molar-refractivity contribution in [3.63, 3.8) is 0 Å². The molecule has 2 bridgehead atoms. The zero-order valence-electron chi connectivity index (χ0n) is 17.5. The van der Waals surface area contributed by atoms with Gasteiger partial charge in [-0.15, -0.1) is 8.78 Å². The number of benzene rings is 2. The molecule has 8 nitrogen and oxygen atoms in total. The first-order valence-corrected chi connectivity index (χ1v) is 10.6. The van der Waals surface area contributed by atoms with Crippen LogP contribution in [0.2, 0.25) is 5.02 Å². The molecule has 180 valence electrons. The van der Waals surface area contributed by atoms with Crippen molar-refractivity contribution < 1.29 is 41.7 Å². The number of rotatable bonds is 8. The van der Waals surface area contributed by atoms with Crippen LogP contribution in [0.15, 0.2) is 36.4 Å². The van der Waals surface area contributed by atoms with E-state index in [1.54, 1.807) is 0 Å². The Morgan fingerprint density at radius 3 is 2.00 bits per heavy atom. The maximum atomic E-state index is 13.2. The molecule has 0 aromatic heterocycles. The zero-order valence-corrected chi connectivity index (χ0v) is 18.2. The fourth-order valence-electron chi connectivity index (χ4n) is 4.60. The monoisotopic (exact) mass is 498 g/mol. The van der Waals surface area contributed by atoms with Crippen LogP contribution in [0.3, 0.4) is 0 Å². The highest BCUT2D eigenvalue weighted by Gasteiger charge is 2.69. The summed E-state index contributed by atoms with van der Waals surface area (Å²) in [7, 11) is 0. The van der Waals surface area contributed by atoms with E-state index in [2.05, 4.69) is 20.1 Å². The molecule has 2 aromatic rings. The minimum Gasteiger partial charge on any atom is -0.484 e. The fraction of sp³-hybridized carbons (Fsp3) is 0.364. The molecule has 34 heavy (non-hydrogen) atoms. The molecule has 4 aliphatic rings. The molecule has 0 atom stereocenters. The second kappa shape index (κ2) is 7.86. The summed E-state index contributed by atoms with van der Waals surface area (Å²) in [5.41, 5.74) is -0.798. The lowest BCUT2D eigenvalue weighted by Gasteiger charge is -2.70. The van der Waals surface area contributed by atoms with Crippen LogP contribution in [0.4, 0.5) is 13.2 Å². The van der Waals surface area contributed by atoms with E-state index in [1.807, 2.05) is 0 Å². The van der Waals surface area contributed by atoms with Gasteiger partial charge in [0.05, 0.1) is 5.02 Å². The molecule has 2 N–H and O–H groups in total. The van der Waals surface area contributed by atoms with Crippen molar-refractivity contribution in [2.75, 3.05) is 13.2 Å². The highest BCUT2D eigenvalue weighted by atomic mass is 35.5. The first-order valence-electron chi connectivity index (χ1n) is 10.3. The average Bonchev–Trinajstić information content (AvgIpc) is 3.03. The minimum atomic E-state index is -3.73. The van der Waals surface area contributed by atoms with Gasteiger partial charge < -0.3 is 29.6 Å². The van der Waals surface area contributed by atoms with Crippen LogP contribution >= 0.6 is 11.6 Å². The van der Waals surface area contributed by atoms with Crippen molar-refractivity contribution in [1.82, 2.24) is 10.6 Å². The Balaban J connectivity index is 1.03. The molecule has 12 heteroatoms. The molecule has 0 radical (unpaired) electrons. The van der Waals surface area contributed by atoms with E-state index in [9.17, 15) is 22.8 Å². The van der Waals surface area contributed by atoms with Crippen molar-refractivity contribution >= 4 is 23.4 Å². The molecule has 3 fully saturated rings. The molecule has 1 aliphatic heterocycles. The predicted octanol–water partition coefficient (Wildman–Crippen LogP) is 3.17. The Kier molecular flexibility index (Phi) is 5.19. The number of hydrogen-bond acceptors (Lipinski definition) is 6. The van der Waals surface area contributed by atoms with Gasteiger partial charge >= 0.3 is 6.29 Å². The third-order valence-electron chi connectivity index (χ3n) is 5.84. The Morgan fingerprint density at radius 1 is 0.882 bits per heavy atom. The van der Waals surface area contributed by atoms with Gasteiger partial charge in [-0.1, -0.05) is 11.6 Å². The summed E-state index contributed by atoms with van der Waals surface area (Å²) in [6.07, 6.45) is -2.02. The number of carbonyl (C=O) groups excluding carboxylic acids is 2. The third-order valence-corrected chi connectivity index (χ3v) is 6.13. The summed E-state index contributed by atoms with van der Waals surface area (Å²) in [6, 6.07) is 7.70. The van der Waals surface area contributed by atoms with Gasteiger partial charge in [-0.3, -0.25) is 9.59 Å². The Hall–Kier alpha value is -3.34. The van der Waals surface area contributed by atoms with Crippen LogP contribution in [0.5, 0.6) is 23.0 Å². The van der Waals surface area contributed by atoms with Gasteiger partial charge in [-0.25, -0.2) is 4.39 Å². The van der Waals surface area contributed by atoms with Crippen LogP contribution in [-0.2, 0) is 9.59 Å². The molecule has 3 aliphatic carbocycles. The first kappa shape index (κ1) is 22.5. The van der Waals surface area contributed by atoms with Crippen LogP contribution in [0, 0.1) is 5.82 Å². The lowest BCUT2D eigenvalue weighted by molar-refractivity contribution is -0.286. The number of fused-ring (bicyclic) bond motifs is 1. The summed E-state index contributed by atoms with van der Waals surface area (Å²) in [4.78, 5) is 24.5. The van der Waals surface area contributed by atoms with Crippen LogP contribution in [0.25, 0.3) is 0 Å². The highest BCUT2D eigenvalue weighted by Crippen LogP contribution is 2.60.